The molecule has 0 spiro atoms. The lowest BCUT2D eigenvalue weighted by atomic mass is 9.92. The number of hydrogen-bond acceptors (Lipinski definition) is 2. The van der Waals surface area contributed by atoms with Crippen LogP contribution < -0.4 is 0 Å². The Morgan fingerprint density at radius 3 is 2.95 bits per heavy atom. The molecule has 0 bridgehead atoms. The van der Waals surface area contributed by atoms with E-state index in [1.165, 1.54) is 0 Å². The zero-order valence-corrected chi connectivity index (χ0v) is 10.8. The van der Waals surface area contributed by atoms with Gasteiger partial charge in [0.15, 0.2) is 0 Å². The zero-order chi connectivity index (χ0) is 13.9. The van der Waals surface area contributed by atoms with Gasteiger partial charge in [-0.1, -0.05) is 18.2 Å². The van der Waals surface area contributed by atoms with Crippen molar-refractivity contribution in [1.29, 1.82) is 0 Å². The number of aromatic amines is 1. The number of aliphatic carboxylic acids is 1. The molecule has 1 fully saturated rings. The smallest absolute Gasteiger partial charge is 0.326 e. The quantitative estimate of drug-likeness (QED) is 0.830. The van der Waals surface area contributed by atoms with Crippen LogP contribution >= 0.6 is 0 Å². The van der Waals surface area contributed by atoms with Crippen LogP contribution in [0, 0.1) is 0 Å². The molecule has 4 rings (SSSR count). The molecule has 0 saturated carbocycles. The summed E-state index contributed by atoms with van der Waals surface area (Å²) in [6.45, 7) is 0. The van der Waals surface area contributed by atoms with Gasteiger partial charge in [-0.05, 0) is 18.1 Å². The van der Waals surface area contributed by atoms with Gasteiger partial charge in [0.05, 0.1) is 6.04 Å². The summed E-state index contributed by atoms with van der Waals surface area (Å²) in [5.74, 6) is -0.965. The first-order valence-corrected chi connectivity index (χ1v) is 6.80. The highest BCUT2D eigenvalue weighted by Crippen LogP contribution is 2.43. The third-order valence-electron chi connectivity index (χ3n) is 4.45. The largest absolute Gasteiger partial charge is 0.480 e. The third kappa shape index (κ3) is 1.37. The number of aromatic nitrogens is 1. The van der Waals surface area contributed by atoms with Crippen LogP contribution in [0.1, 0.15) is 30.1 Å². The highest BCUT2D eigenvalue weighted by atomic mass is 16.4. The molecule has 0 aliphatic carbocycles. The first-order chi connectivity index (χ1) is 9.66. The predicted octanol–water partition coefficient (Wildman–Crippen LogP) is 1.84. The average Bonchev–Trinajstić information content (AvgIpc) is 2.99. The van der Waals surface area contributed by atoms with Crippen molar-refractivity contribution in [2.24, 2.45) is 0 Å². The fourth-order valence-corrected chi connectivity index (χ4v) is 3.60. The summed E-state index contributed by atoms with van der Waals surface area (Å²) in [7, 11) is 0. The number of rotatable bonds is 1. The van der Waals surface area contributed by atoms with Gasteiger partial charge in [0.2, 0.25) is 5.91 Å². The second-order valence-electron chi connectivity index (χ2n) is 5.48. The van der Waals surface area contributed by atoms with Gasteiger partial charge in [0.1, 0.15) is 6.04 Å². The number of amides is 1. The number of fused-ring (bicyclic) bond motifs is 5. The van der Waals surface area contributed by atoms with Crippen molar-refractivity contribution in [3.05, 3.63) is 35.5 Å². The highest BCUT2D eigenvalue weighted by Gasteiger charge is 2.45. The lowest BCUT2D eigenvalue weighted by Gasteiger charge is -2.35. The van der Waals surface area contributed by atoms with E-state index in [9.17, 15) is 14.7 Å². The van der Waals surface area contributed by atoms with E-state index >= 15 is 0 Å². The molecule has 3 heterocycles. The van der Waals surface area contributed by atoms with Crippen molar-refractivity contribution in [1.82, 2.24) is 9.88 Å². The fourth-order valence-electron chi connectivity index (χ4n) is 3.60. The topological polar surface area (TPSA) is 73.4 Å². The molecular formula is C15H14N2O3. The Morgan fingerprint density at radius 1 is 1.35 bits per heavy atom. The molecule has 20 heavy (non-hydrogen) atoms. The fraction of sp³-hybridized carbons (Fsp3) is 0.333. The number of carbonyl (C=O) groups is 2. The van der Waals surface area contributed by atoms with Crippen LogP contribution in [0.2, 0.25) is 0 Å². The van der Waals surface area contributed by atoms with Gasteiger partial charge in [0, 0.05) is 29.4 Å². The Hall–Kier alpha value is -2.30. The normalized spacial score (nSPS) is 24.8. The lowest BCUT2D eigenvalue weighted by molar-refractivity contribution is -0.150. The number of carbonyl (C=O) groups excluding carboxylic acids is 1. The molecule has 0 unspecified atom stereocenters. The minimum absolute atomic E-state index is 0.0493. The van der Waals surface area contributed by atoms with Crippen LogP contribution in [0.5, 0.6) is 0 Å². The maximum Gasteiger partial charge on any atom is 0.326 e. The molecule has 2 aliphatic rings. The van der Waals surface area contributed by atoms with E-state index in [-0.39, 0.29) is 11.9 Å². The Morgan fingerprint density at radius 2 is 2.15 bits per heavy atom. The second kappa shape index (κ2) is 3.85. The van der Waals surface area contributed by atoms with Crippen molar-refractivity contribution in [2.45, 2.75) is 31.3 Å². The molecule has 5 nitrogen and oxygen atoms in total. The van der Waals surface area contributed by atoms with Gasteiger partial charge >= 0.3 is 5.97 Å². The molecule has 5 heteroatoms. The molecule has 0 radical (unpaired) electrons. The van der Waals surface area contributed by atoms with Crippen LogP contribution in [-0.2, 0) is 16.0 Å². The zero-order valence-electron chi connectivity index (χ0n) is 10.8. The molecule has 102 valence electrons. The van der Waals surface area contributed by atoms with Crippen molar-refractivity contribution in [3.8, 4) is 0 Å². The van der Waals surface area contributed by atoms with E-state index in [1.807, 2.05) is 24.3 Å². The Balaban J connectivity index is 1.94. The minimum atomic E-state index is -0.916. The number of nitrogens with zero attached hydrogens (tertiary/aromatic N) is 1. The summed E-state index contributed by atoms with van der Waals surface area (Å²) < 4.78 is 0. The van der Waals surface area contributed by atoms with Crippen LogP contribution in [0.4, 0.5) is 0 Å². The third-order valence-corrected chi connectivity index (χ3v) is 4.45. The van der Waals surface area contributed by atoms with E-state index in [1.54, 1.807) is 4.90 Å². The van der Waals surface area contributed by atoms with E-state index in [2.05, 4.69) is 4.98 Å². The summed E-state index contributed by atoms with van der Waals surface area (Å²) in [5.41, 5.74) is 3.10. The SMILES string of the molecule is O=C(O)[C@@H]1Cc2c([nH]c3ccccc23)[C@H]2CCC(=O)N21. The van der Waals surface area contributed by atoms with Gasteiger partial charge in [-0.15, -0.1) is 0 Å². The first-order valence-electron chi connectivity index (χ1n) is 6.80. The average molecular weight is 270 g/mol. The van der Waals surface area contributed by atoms with Crippen LogP contribution in [0.3, 0.4) is 0 Å². The standard InChI is InChI=1S/C15H14N2O3/c18-13-6-5-11-14-9(7-12(15(19)20)17(11)13)8-3-1-2-4-10(8)16-14/h1-4,11-12,16H,5-7H2,(H,19,20)/t11-,12+/m1/s1. The molecule has 1 saturated heterocycles. The molecule has 1 aromatic heterocycles. The molecule has 2 aromatic rings. The monoisotopic (exact) mass is 270 g/mol. The van der Waals surface area contributed by atoms with E-state index in [4.69, 9.17) is 0 Å². The molecular weight excluding hydrogens is 256 g/mol. The molecule has 1 amide bonds. The van der Waals surface area contributed by atoms with Crippen molar-refractivity contribution in [3.63, 3.8) is 0 Å². The summed E-state index contributed by atoms with van der Waals surface area (Å²) in [6, 6.07) is 7.07. The Bertz CT molecular complexity index is 734. The van der Waals surface area contributed by atoms with Gasteiger partial charge < -0.3 is 15.0 Å². The number of hydrogen-bond donors (Lipinski definition) is 2. The van der Waals surface area contributed by atoms with E-state index in [0.29, 0.717) is 19.3 Å². The summed E-state index contributed by atoms with van der Waals surface area (Å²) in [5, 5.41) is 10.5. The number of carboxylic acid groups (broad SMARTS) is 1. The number of para-hydroxylation sites is 1. The second-order valence-corrected chi connectivity index (χ2v) is 5.48. The minimum Gasteiger partial charge on any atom is -0.480 e. The Kier molecular flexibility index (Phi) is 2.22. The number of H-pyrrole nitrogens is 1. The highest BCUT2D eigenvalue weighted by molar-refractivity contribution is 5.91. The Labute approximate surface area is 115 Å². The van der Waals surface area contributed by atoms with E-state index < -0.39 is 12.0 Å². The van der Waals surface area contributed by atoms with Gasteiger partial charge in [-0.3, -0.25) is 4.79 Å². The maximum atomic E-state index is 12.0. The van der Waals surface area contributed by atoms with Gasteiger partial charge in [0.25, 0.3) is 0 Å². The molecule has 2 atom stereocenters. The molecule has 2 aliphatic heterocycles. The van der Waals surface area contributed by atoms with E-state index in [0.717, 1.165) is 22.2 Å². The van der Waals surface area contributed by atoms with Crippen molar-refractivity contribution in [2.75, 3.05) is 0 Å². The molecule has 1 aromatic carbocycles. The number of carboxylic acids is 1. The van der Waals surface area contributed by atoms with Crippen LogP contribution in [-0.4, -0.2) is 32.9 Å². The lowest BCUT2D eigenvalue weighted by Crippen LogP contribution is -2.47. The van der Waals surface area contributed by atoms with Crippen molar-refractivity contribution >= 4 is 22.8 Å². The number of nitrogens with one attached hydrogen (secondary N) is 1. The summed E-state index contributed by atoms with van der Waals surface area (Å²) in [4.78, 5) is 28.4. The van der Waals surface area contributed by atoms with Crippen LogP contribution in [0.15, 0.2) is 24.3 Å². The van der Waals surface area contributed by atoms with Gasteiger partial charge in [-0.2, -0.15) is 0 Å². The van der Waals surface area contributed by atoms with Crippen molar-refractivity contribution < 1.29 is 14.7 Å². The first kappa shape index (κ1) is 11.5. The van der Waals surface area contributed by atoms with Gasteiger partial charge in [-0.25, -0.2) is 4.79 Å². The number of benzene rings is 1. The summed E-state index contributed by atoms with van der Waals surface area (Å²) in [6.07, 6.45) is 1.52. The summed E-state index contributed by atoms with van der Waals surface area (Å²) >= 11 is 0. The maximum absolute atomic E-state index is 12.0. The van der Waals surface area contributed by atoms with Crippen LogP contribution in [0.25, 0.3) is 10.9 Å². The molecule has 2 N–H and O–H groups in total. The predicted molar refractivity (Wildman–Crippen MR) is 72.2 cm³/mol.